The van der Waals surface area contributed by atoms with E-state index in [1.807, 2.05) is 0 Å². The molecule has 0 aromatic heterocycles. The van der Waals surface area contributed by atoms with Gasteiger partial charge >= 0.3 is 6.03 Å². The lowest BCUT2D eigenvalue weighted by Crippen LogP contribution is -2.58. The number of rotatable bonds is 1. The number of hydrogen-bond donors (Lipinski definition) is 2. The minimum Gasteiger partial charge on any atom is -0.365 e. The first kappa shape index (κ1) is 9.69. The average Bonchev–Trinajstić information content (AvgIpc) is 2.30. The summed E-state index contributed by atoms with van der Waals surface area (Å²) in [5.74, 6) is -4.61. The molecule has 0 bridgehead atoms. The standard InChI is InChI=1S/C6H9F2N3O2/c7-3-1-2-11(5(10)13)6(3,8)4(9)12/h3H,1-2H2,(H2,9,12)(H2,10,13)/t3?,6-/m1/s1. The number of carbonyl (C=O) groups excluding carboxylic acids is 2. The molecule has 1 fully saturated rings. The molecule has 0 spiro atoms. The molecule has 1 saturated heterocycles. The monoisotopic (exact) mass is 193 g/mol. The first-order valence-corrected chi connectivity index (χ1v) is 3.60. The molecule has 2 atom stereocenters. The van der Waals surface area contributed by atoms with E-state index in [9.17, 15) is 18.4 Å². The molecule has 5 nitrogen and oxygen atoms in total. The molecule has 0 aromatic rings. The molecule has 7 heteroatoms. The van der Waals surface area contributed by atoms with Crippen LogP contribution in [0.5, 0.6) is 0 Å². The molecule has 1 aliphatic rings. The molecule has 4 N–H and O–H groups in total. The molecular formula is C6H9F2N3O2. The van der Waals surface area contributed by atoms with E-state index in [-0.39, 0.29) is 13.0 Å². The van der Waals surface area contributed by atoms with Gasteiger partial charge < -0.3 is 11.5 Å². The lowest BCUT2D eigenvalue weighted by molar-refractivity contribution is -0.142. The molecule has 74 valence electrons. The molecule has 1 heterocycles. The Bertz CT molecular complexity index is 260. The van der Waals surface area contributed by atoms with Crippen LogP contribution in [0.4, 0.5) is 13.6 Å². The maximum atomic E-state index is 13.5. The van der Waals surface area contributed by atoms with E-state index in [0.717, 1.165) is 0 Å². The quantitative estimate of drug-likeness (QED) is 0.537. The number of carbonyl (C=O) groups is 2. The molecule has 1 rings (SSSR count). The van der Waals surface area contributed by atoms with E-state index < -0.39 is 23.9 Å². The summed E-state index contributed by atoms with van der Waals surface area (Å²) in [5.41, 5.74) is 9.39. The normalized spacial score (nSPS) is 33.4. The molecule has 0 radical (unpaired) electrons. The van der Waals surface area contributed by atoms with Gasteiger partial charge in [0.25, 0.3) is 11.7 Å². The van der Waals surface area contributed by atoms with Crippen molar-refractivity contribution in [2.24, 2.45) is 11.5 Å². The number of likely N-dealkylation sites (tertiary alicyclic amines) is 1. The molecular weight excluding hydrogens is 184 g/mol. The number of nitrogens with two attached hydrogens (primary N) is 2. The fourth-order valence-corrected chi connectivity index (χ4v) is 1.32. The molecule has 1 unspecified atom stereocenters. The summed E-state index contributed by atoms with van der Waals surface area (Å²) in [6, 6.07) is -1.19. The molecule has 0 aliphatic carbocycles. The van der Waals surface area contributed by atoms with Crippen molar-refractivity contribution in [3.05, 3.63) is 0 Å². The lowest BCUT2D eigenvalue weighted by Gasteiger charge is -2.27. The van der Waals surface area contributed by atoms with Gasteiger partial charge in [-0.2, -0.15) is 0 Å². The molecule has 0 aromatic carbocycles. The third kappa shape index (κ3) is 1.20. The Labute approximate surface area is 72.7 Å². The van der Waals surface area contributed by atoms with Crippen molar-refractivity contribution < 1.29 is 18.4 Å². The highest BCUT2D eigenvalue weighted by molar-refractivity contribution is 5.89. The number of hydrogen-bond acceptors (Lipinski definition) is 2. The fourth-order valence-electron chi connectivity index (χ4n) is 1.32. The van der Waals surface area contributed by atoms with Crippen LogP contribution in [0.15, 0.2) is 0 Å². The van der Waals surface area contributed by atoms with Gasteiger partial charge in [-0.05, 0) is 0 Å². The number of alkyl halides is 2. The summed E-state index contributed by atoms with van der Waals surface area (Å²) in [7, 11) is 0. The van der Waals surface area contributed by atoms with Gasteiger partial charge in [-0.25, -0.2) is 13.6 Å². The van der Waals surface area contributed by atoms with Crippen LogP contribution in [-0.2, 0) is 4.79 Å². The van der Waals surface area contributed by atoms with Gasteiger partial charge in [-0.3, -0.25) is 9.69 Å². The Balaban J connectivity index is 3.01. The van der Waals surface area contributed by atoms with Gasteiger partial charge in [0.05, 0.1) is 0 Å². The molecule has 3 amide bonds. The lowest BCUT2D eigenvalue weighted by atomic mass is 10.1. The summed E-state index contributed by atoms with van der Waals surface area (Å²) < 4.78 is 26.4. The van der Waals surface area contributed by atoms with Gasteiger partial charge in [0, 0.05) is 13.0 Å². The van der Waals surface area contributed by atoms with Crippen molar-refractivity contribution in [2.45, 2.75) is 18.4 Å². The van der Waals surface area contributed by atoms with Crippen LogP contribution in [0.1, 0.15) is 6.42 Å². The van der Waals surface area contributed by atoms with Gasteiger partial charge in [0.1, 0.15) is 0 Å². The SMILES string of the molecule is NC(=O)N1CCC(F)[C@]1(F)C(N)=O. The van der Waals surface area contributed by atoms with E-state index in [1.165, 1.54) is 0 Å². The van der Waals surface area contributed by atoms with Crippen LogP contribution < -0.4 is 11.5 Å². The van der Waals surface area contributed by atoms with Crippen molar-refractivity contribution in [2.75, 3.05) is 6.54 Å². The van der Waals surface area contributed by atoms with Crippen LogP contribution in [-0.4, -0.2) is 35.3 Å². The zero-order valence-electron chi connectivity index (χ0n) is 6.67. The zero-order chi connectivity index (χ0) is 10.2. The van der Waals surface area contributed by atoms with E-state index in [0.29, 0.717) is 4.90 Å². The third-order valence-electron chi connectivity index (χ3n) is 2.03. The first-order valence-electron chi connectivity index (χ1n) is 3.60. The maximum Gasteiger partial charge on any atom is 0.317 e. The minimum atomic E-state index is -3.08. The highest BCUT2D eigenvalue weighted by Gasteiger charge is 2.57. The summed E-state index contributed by atoms with van der Waals surface area (Å²) in [6.45, 7) is -0.240. The fraction of sp³-hybridized carbons (Fsp3) is 0.667. The summed E-state index contributed by atoms with van der Waals surface area (Å²) in [4.78, 5) is 21.5. The Morgan fingerprint density at radius 1 is 1.46 bits per heavy atom. The summed E-state index contributed by atoms with van der Waals surface area (Å²) in [6.07, 6.45) is -2.37. The number of nitrogens with zero attached hydrogens (tertiary/aromatic N) is 1. The van der Waals surface area contributed by atoms with Crippen molar-refractivity contribution >= 4 is 11.9 Å². The highest BCUT2D eigenvalue weighted by atomic mass is 19.2. The van der Waals surface area contributed by atoms with Crippen molar-refractivity contribution in [1.82, 2.24) is 4.90 Å². The molecule has 13 heavy (non-hydrogen) atoms. The average molecular weight is 193 g/mol. The van der Waals surface area contributed by atoms with Crippen LogP contribution >= 0.6 is 0 Å². The van der Waals surface area contributed by atoms with Gasteiger partial charge in [-0.15, -0.1) is 0 Å². The summed E-state index contributed by atoms with van der Waals surface area (Å²) >= 11 is 0. The van der Waals surface area contributed by atoms with E-state index in [4.69, 9.17) is 5.73 Å². The second kappa shape index (κ2) is 2.82. The number of urea groups is 1. The third-order valence-corrected chi connectivity index (χ3v) is 2.03. The predicted octanol–water partition coefficient (Wildman–Crippen LogP) is -0.740. The van der Waals surface area contributed by atoms with Crippen LogP contribution in [0.25, 0.3) is 0 Å². The Kier molecular flexibility index (Phi) is 2.10. The maximum absolute atomic E-state index is 13.5. The Morgan fingerprint density at radius 3 is 2.31 bits per heavy atom. The first-order chi connectivity index (χ1) is 5.90. The second-order valence-corrected chi connectivity index (χ2v) is 2.78. The van der Waals surface area contributed by atoms with E-state index in [1.54, 1.807) is 0 Å². The molecule has 1 aliphatic heterocycles. The smallest absolute Gasteiger partial charge is 0.317 e. The van der Waals surface area contributed by atoms with Crippen molar-refractivity contribution in [3.8, 4) is 0 Å². The zero-order valence-corrected chi connectivity index (χ0v) is 6.67. The number of amides is 3. The van der Waals surface area contributed by atoms with E-state index >= 15 is 0 Å². The van der Waals surface area contributed by atoms with Crippen molar-refractivity contribution in [3.63, 3.8) is 0 Å². The number of halogens is 2. The topological polar surface area (TPSA) is 89.4 Å². The van der Waals surface area contributed by atoms with Gasteiger partial charge in [0.15, 0.2) is 6.17 Å². The largest absolute Gasteiger partial charge is 0.365 e. The van der Waals surface area contributed by atoms with Crippen LogP contribution in [0, 0.1) is 0 Å². The van der Waals surface area contributed by atoms with Gasteiger partial charge in [-0.1, -0.05) is 0 Å². The van der Waals surface area contributed by atoms with Crippen LogP contribution in [0.3, 0.4) is 0 Å². The van der Waals surface area contributed by atoms with Crippen molar-refractivity contribution in [1.29, 1.82) is 0 Å². The highest BCUT2D eigenvalue weighted by Crippen LogP contribution is 2.32. The Hall–Kier alpha value is -1.40. The van der Waals surface area contributed by atoms with Crippen LogP contribution in [0.2, 0.25) is 0 Å². The predicted molar refractivity (Wildman–Crippen MR) is 38.8 cm³/mol. The number of primary amides is 2. The Morgan fingerprint density at radius 2 is 2.00 bits per heavy atom. The second-order valence-electron chi connectivity index (χ2n) is 2.78. The summed E-state index contributed by atoms with van der Waals surface area (Å²) in [5, 5.41) is 0. The van der Waals surface area contributed by atoms with E-state index in [2.05, 4.69) is 5.73 Å². The molecule has 0 saturated carbocycles. The minimum absolute atomic E-state index is 0.240. The van der Waals surface area contributed by atoms with Gasteiger partial charge in [0.2, 0.25) is 0 Å².